The Labute approximate surface area is 302 Å². The molecule has 234 valence electrons. The fourth-order valence-electron chi connectivity index (χ4n) is 6.11. The van der Waals surface area contributed by atoms with Gasteiger partial charge in [0.2, 0.25) is 0 Å². The van der Waals surface area contributed by atoms with E-state index in [-0.39, 0.29) is 45.0 Å². The lowest BCUT2D eigenvalue weighted by Crippen LogP contribution is -2.00. The molecule has 0 saturated heterocycles. The van der Waals surface area contributed by atoms with Crippen LogP contribution in [0.3, 0.4) is 0 Å². The Bertz CT molecular complexity index is 3470. The summed E-state index contributed by atoms with van der Waals surface area (Å²) in [5.74, 6) is 0.184. The Hall–Kier alpha value is -6.85. The monoisotopic (exact) mass is 652 g/mol. The summed E-state index contributed by atoms with van der Waals surface area (Å²) in [6.45, 7) is 0. The van der Waals surface area contributed by atoms with Crippen molar-refractivity contribution in [3.63, 3.8) is 0 Å². The molecule has 0 fully saturated rings. The molecule has 50 heavy (non-hydrogen) atoms. The third kappa shape index (κ3) is 4.75. The van der Waals surface area contributed by atoms with Crippen molar-refractivity contribution in [1.82, 2.24) is 15.0 Å². The van der Waals surface area contributed by atoms with E-state index in [1.54, 1.807) is 6.07 Å². The minimum atomic E-state index is -0.691. The molecule has 0 aliphatic carbocycles. The Balaban J connectivity index is 1.26. The number of benzene rings is 7. The second-order valence-corrected chi connectivity index (χ2v) is 11.5. The average molecular weight is 653 g/mol. The Morgan fingerprint density at radius 3 is 1.80 bits per heavy atom. The van der Waals surface area contributed by atoms with Crippen LogP contribution >= 0.6 is 0 Å². The van der Waals surface area contributed by atoms with Gasteiger partial charge in [0.25, 0.3) is 0 Å². The molecule has 10 rings (SSSR count). The van der Waals surface area contributed by atoms with E-state index in [9.17, 15) is 4.11 Å². The van der Waals surface area contributed by atoms with Gasteiger partial charge in [0.05, 0.1) is 20.6 Å². The van der Waals surface area contributed by atoms with E-state index < -0.39 is 77.6 Å². The number of hydrogen-bond donors (Lipinski definition) is 0. The van der Waals surface area contributed by atoms with Gasteiger partial charge < -0.3 is 8.83 Å². The number of furan rings is 2. The molecular weight excluding hydrogens is 615 g/mol. The van der Waals surface area contributed by atoms with E-state index in [1.807, 2.05) is 91.0 Å². The van der Waals surface area contributed by atoms with Crippen molar-refractivity contribution < 1.29 is 23.9 Å². The zero-order valence-corrected chi connectivity index (χ0v) is 25.9. The van der Waals surface area contributed by atoms with Crippen LogP contribution in [0.4, 0.5) is 0 Å². The predicted molar refractivity (Wildman–Crippen MR) is 202 cm³/mol. The molecule has 5 nitrogen and oxygen atoms in total. The number of hydrogen-bond acceptors (Lipinski definition) is 5. The van der Waals surface area contributed by atoms with Crippen molar-refractivity contribution in [1.29, 1.82) is 0 Å². The largest absolute Gasteiger partial charge is 0.456 e. The lowest BCUT2D eigenvalue weighted by atomic mass is 10.0. The molecule has 0 atom stereocenters. The van der Waals surface area contributed by atoms with Gasteiger partial charge in [-0.3, -0.25) is 0 Å². The maximum Gasteiger partial charge on any atom is 0.167 e. The molecule has 3 heterocycles. The number of aromatic nitrogens is 3. The van der Waals surface area contributed by atoms with Crippen LogP contribution in [-0.2, 0) is 0 Å². The molecule has 0 unspecified atom stereocenters. The molecule has 5 heteroatoms. The van der Waals surface area contributed by atoms with Crippen LogP contribution in [-0.4, -0.2) is 15.0 Å². The second-order valence-electron chi connectivity index (χ2n) is 11.5. The predicted octanol–water partition coefficient (Wildman–Crippen LogP) is 12.0. The van der Waals surface area contributed by atoms with Crippen LogP contribution < -0.4 is 0 Å². The maximum atomic E-state index is 9.64. The molecule has 0 amide bonds. The van der Waals surface area contributed by atoms with Gasteiger partial charge in [-0.05, 0) is 64.6 Å². The standard InChI is InChI=1S/C45H27N3O2/c1-3-10-28(11-4-1)30-18-20-31(21-19-30)43-46-44(48-45(47-43)36-16-9-15-35-34-14-7-8-17-39(34)50-42(35)36)33-23-25-41-38(27-33)37-26-32(22-24-40(37)49-41)29-12-5-2-6-13-29/h1-27H/i2D,5D,6D,12D,13D,22D,23D,24D,25D,26D,27D. The minimum Gasteiger partial charge on any atom is -0.456 e. The highest BCUT2D eigenvalue weighted by atomic mass is 16.3. The van der Waals surface area contributed by atoms with Gasteiger partial charge in [-0.25, -0.2) is 15.0 Å². The first-order valence-corrected chi connectivity index (χ1v) is 15.7. The van der Waals surface area contributed by atoms with Crippen LogP contribution in [0.25, 0.3) is 100 Å². The normalized spacial score (nSPS) is 14.7. The Morgan fingerprint density at radius 2 is 1.00 bits per heavy atom. The van der Waals surface area contributed by atoms with Crippen molar-refractivity contribution in [2.24, 2.45) is 0 Å². The van der Waals surface area contributed by atoms with Crippen molar-refractivity contribution in [3.05, 3.63) is 164 Å². The minimum absolute atomic E-state index is 0.149. The van der Waals surface area contributed by atoms with E-state index >= 15 is 0 Å². The molecule has 0 aliphatic heterocycles. The van der Waals surface area contributed by atoms with Crippen LogP contribution in [0.1, 0.15) is 15.1 Å². The average Bonchev–Trinajstić information content (AvgIpc) is 3.88. The smallest absolute Gasteiger partial charge is 0.167 e. The molecule has 0 spiro atoms. The van der Waals surface area contributed by atoms with Crippen LogP contribution in [0.15, 0.2) is 172 Å². The van der Waals surface area contributed by atoms with Gasteiger partial charge in [0.15, 0.2) is 17.5 Å². The lowest BCUT2D eigenvalue weighted by Gasteiger charge is -2.10. The summed E-state index contributed by atoms with van der Waals surface area (Å²) in [6, 6.07) is 23.8. The fourth-order valence-corrected chi connectivity index (χ4v) is 6.11. The van der Waals surface area contributed by atoms with Gasteiger partial charge in [0, 0.05) is 32.7 Å². The summed E-state index contributed by atoms with van der Waals surface area (Å²) in [7, 11) is 0. The first kappa shape index (κ1) is 19.2. The molecule has 0 bridgehead atoms. The highest BCUT2D eigenvalue weighted by Crippen LogP contribution is 2.38. The van der Waals surface area contributed by atoms with Crippen LogP contribution in [0, 0.1) is 0 Å². The maximum absolute atomic E-state index is 9.64. The quantitative estimate of drug-likeness (QED) is 0.185. The number of rotatable bonds is 5. The second kappa shape index (κ2) is 11.4. The molecule has 3 aromatic heterocycles. The highest BCUT2D eigenvalue weighted by Gasteiger charge is 2.19. The van der Waals surface area contributed by atoms with Crippen molar-refractivity contribution in [3.8, 4) is 56.4 Å². The summed E-state index contributed by atoms with van der Waals surface area (Å²) in [5, 5.41) is 1.30. The van der Waals surface area contributed by atoms with E-state index in [0.29, 0.717) is 22.3 Å². The van der Waals surface area contributed by atoms with E-state index in [4.69, 9.17) is 34.8 Å². The van der Waals surface area contributed by atoms with E-state index in [2.05, 4.69) is 0 Å². The highest BCUT2D eigenvalue weighted by molar-refractivity contribution is 6.09. The molecule has 0 saturated carbocycles. The SMILES string of the molecule is [2H]c1c([2H])c([2H])c(-c2c([2H])c([2H])c3oc4c([2H])c([2H])c(-c5nc(-c6ccc(-c7ccccc7)cc6)nc(-c6cccc7c6oc6ccccc67)n5)c([2H])c4c3c2[2H])c([2H])c1[2H]. The van der Waals surface area contributed by atoms with Gasteiger partial charge >= 0.3 is 0 Å². The number of para-hydroxylation sites is 2. The first-order valence-electron chi connectivity index (χ1n) is 21.2. The molecule has 10 aromatic rings. The third-order valence-electron chi connectivity index (χ3n) is 8.51. The van der Waals surface area contributed by atoms with Gasteiger partial charge in [0.1, 0.15) is 22.3 Å². The Morgan fingerprint density at radius 1 is 0.380 bits per heavy atom. The molecule has 0 aliphatic rings. The molecule has 0 radical (unpaired) electrons. The zero-order valence-electron chi connectivity index (χ0n) is 36.9. The van der Waals surface area contributed by atoms with Gasteiger partial charge in [-0.1, -0.05) is 121 Å². The topological polar surface area (TPSA) is 65.0 Å². The fraction of sp³-hybridized carbons (Fsp3) is 0. The van der Waals surface area contributed by atoms with Crippen LogP contribution in [0.2, 0.25) is 0 Å². The Kier molecular flexibility index (Phi) is 4.38. The summed E-state index contributed by atoms with van der Waals surface area (Å²) in [5.41, 5.74) is 2.39. The summed E-state index contributed by atoms with van der Waals surface area (Å²) in [4.78, 5) is 14.5. The lowest BCUT2D eigenvalue weighted by molar-refractivity contribution is 0.669. The first-order chi connectivity index (χ1) is 29.3. The molecular formula is C45H27N3O2. The summed E-state index contributed by atoms with van der Waals surface area (Å²) in [6.07, 6.45) is 0. The van der Waals surface area contributed by atoms with E-state index in [0.717, 1.165) is 21.9 Å². The molecule has 0 N–H and O–H groups in total. The summed E-state index contributed by atoms with van der Waals surface area (Å²) < 4.78 is 109. The number of nitrogens with zero attached hydrogens (tertiary/aromatic N) is 3. The third-order valence-corrected chi connectivity index (χ3v) is 8.51. The van der Waals surface area contributed by atoms with Gasteiger partial charge in [-0.15, -0.1) is 0 Å². The molecule has 7 aromatic carbocycles. The van der Waals surface area contributed by atoms with Crippen LogP contribution in [0.5, 0.6) is 0 Å². The van der Waals surface area contributed by atoms with Crippen molar-refractivity contribution in [2.45, 2.75) is 0 Å². The van der Waals surface area contributed by atoms with E-state index in [1.165, 1.54) is 0 Å². The van der Waals surface area contributed by atoms with Gasteiger partial charge in [-0.2, -0.15) is 0 Å². The number of fused-ring (bicyclic) bond motifs is 6. The summed E-state index contributed by atoms with van der Waals surface area (Å²) >= 11 is 0. The van der Waals surface area contributed by atoms with Crippen molar-refractivity contribution in [2.75, 3.05) is 0 Å². The zero-order chi connectivity index (χ0) is 42.6. The van der Waals surface area contributed by atoms with Crippen molar-refractivity contribution >= 4 is 43.9 Å².